The van der Waals surface area contributed by atoms with Crippen molar-refractivity contribution in [3.8, 4) is 0 Å². The maximum Gasteiger partial charge on any atom is 0.126 e. The lowest BCUT2D eigenvalue weighted by Gasteiger charge is -2.28. The van der Waals surface area contributed by atoms with Crippen LogP contribution in [0.3, 0.4) is 0 Å². The highest BCUT2D eigenvalue weighted by atomic mass is 15.1. The molecule has 0 fully saturated rings. The number of nitrogens with zero attached hydrogens (tertiary/aromatic N) is 1. The van der Waals surface area contributed by atoms with Crippen molar-refractivity contribution >= 4 is 5.82 Å². The molecule has 3 heteroatoms. The number of aryl methyl sites for hydroxylation is 1. The van der Waals surface area contributed by atoms with E-state index < -0.39 is 0 Å². The lowest BCUT2D eigenvalue weighted by Crippen LogP contribution is -2.42. The molecular formula is C11H19N3. The zero-order valence-corrected chi connectivity index (χ0v) is 9.17. The van der Waals surface area contributed by atoms with Crippen LogP contribution in [0.5, 0.6) is 0 Å². The fourth-order valence-corrected chi connectivity index (χ4v) is 1.21. The predicted octanol–water partition coefficient (Wildman–Crippen LogP) is 1.93. The van der Waals surface area contributed by atoms with Gasteiger partial charge in [-0.2, -0.15) is 0 Å². The Kier molecular flexibility index (Phi) is 3.47. The number of anilines is 1. The molecule has 0 saturated heterocycles. The Morgan fingerprint density at radius 1 is 1.50 bits per heavy atom. The van der Waals surface area contributed by atoms with E-state index in [0.717, 1.165) is 17.9 Å². The van der Waals surface area contributed by atoms with Gasteiger partial charge in [0, 0.05) is 17.8 Å². The number of nitrogens with one attached hydrogen (secondary N) is 1. The maximum absolute atomic E-state index is 5.71. The molecule has 0 spiro atoms. The van der Waals surface area contributed by atoms with Crippen LogP contribution in [-0.4, -0.2) is 17.1 Å². The minimum absolute atomic E-state index is 0.0548. The van der Waals surface area contributed by atoms with Crippen LogP contribution < -0.4 is 11.1 Å². The van der Waals surface area contributed by atoms with Crippen molar-refractivity contribution in [2.75, 3.05) is 11.9 Å². The first-order valence-electron chi connectivity index (χ1n) is 5.01. The Morgan fingerprint density at radius 3 is 2.71 bits per heavy atom. The van der Waals surface area contributed by atoms with Crippen LogP contribution in [0.1, 0.15) is 26.0 Å². The second kappa shape index (κ2) is 4.42. The number of pyridine rings is 1. The van der Waals surface area contributed by atoms with Crippen LogP contribution in [-0.2, 0) is 0 Å². The third kappa shape index (κ3) is 2.70. The minimum atomic E-state index is -0.0548. The summed E-state index contributed by atoms with van der Waals surface area (Å²) in [6, 6.07) is 5.95. The predicted molar refractivity (Wildman–Crippen MR) is 60.3 cm³/mol. The van der Waals surface area contributed by atoms with Crippen molar-refractivity contribution in [3.05, 3.63) is 23.9 Å². The molecule has 0 aromatic carbocycles. The van der Waals surface area contributed by atoms with Gasteiger partial charge in [0.1, 0.15) is 5.82 Å². The molecule has 0 aliphatic carbocycles. The van der Waals surface area contributed by atoms with Crippen LogP contribution in [0.2, 0.25) is 0 Å². The van der Waals surface area contributed by atoms with Gasteiger partial charge in [0.15, 0.2) is 0 Å². The summed E-state index contributed by atoms with van der Waals surface area (Å²) in [6.07, 6.45) is 0.985. The Bertz CT molecular complexity index is 292. The number of rotatable bonds is 4. The topological polar surface area (TPSA) is 50.9 Å². The second-order valence-electron chi connectivity index (χ2n) is 3.91. The molecule has 78 valence electrons. The van der Waals surface area contributed by atoms with Crippen LogP contribution >= 0.6 is 0 Å². The van der Waals surface area contributed by atoms with Gasteiger partial charge in [0.25, 0.3) is 0 Å². The average Bonchev–Trinajstić information content (AvgIpc) is 2.18. The summed E-state index contributed by atoms with van der Waals surface area (Å²) >= 11 is 0. The third-order valence-electron chi connectivity index (χ3n) is 2.55. The van der Waals surface area contributed by atoms with E-state index in [1.165, 1.54) is 0 Å². The van der Waals surface area contributed by atoms with Gasteiger partial charge in [-0.05, 0) is 32.4 Å². The molecule has 14 heavy (non-hydrogen) atoms. The van der Waals surface area contributed by atoms with Gasteiger partial charge >= 0.3 is 0 Å². The summed E-state index contributed by atoms with van der Waals surface area (Å²) in [7, 11) is 0. The summed E-state index contributed by atoms with van der Waals surface area (Å²) in [6.45, 7) is 6.82. The quantitative estimate of drug-likeness (QED) is 0.768. The Hall–Kier alpha value is -1.09. The fourth-order valence-electron chi connectivity index (χ4n) is 1.21. The van der Waals surface area contributed by atoms with Crippen LogP contribution in [0, 0.1) is 6.92 Å². The van der Waals surface area contributed by atoms with Gasteiger partial charge in [-0.25, -0.2) is 4.98 Å². The molecule has 3 nitrogen and oxygen atoms in total. The summed E-state index contributed by atoms with van der Waals surface area (Å²) in [4.78, 5) is 4.39. The molecule has 0 radical (unpaired) electrons. The van der Waals surface area contributed by atoms with Crippen LogP contribution in [0.15, 0.2) is 18.2 Å². The third-order valence-corrected chi connectivity index (χ3v) is 2.55. The van der Waals surface area contributed by atoms with E-state index in [1.807, 2.05) is 25.1 Å². The van der Waals surface area contributed by atoms with E-state index >= 15 is 0 Å². The number of aromatic nitrogens is 1. The zero-order valence-electron chi connectivity index (χ0n) is 9.17. The molecule has 1 unspecified atom stereocenters. The SMILES string of the molecule is CCC(C)(CN)Nc1cccc(C)n1. The van der Waals surface area contributed by atoms with E-state index in [0.29, 0.717) is 6.54 Å². The Morgan fingerprint density at radius 2 is 2.21 bits per heavy atom. The highest BCUT2D eigenvalue weighted by molar-refractivity contribution is 5.38. The smallest absolute Gasteiger partial charge is 0.126 e. The minimum Gasteiger partial charge on any atom is -0.364 e. The summed E-state index contributed by atoms with van der Waals surface area (Å²) in [5.74, 6) is 0.903. The standard InChI is InChI=1S/C11H19N3/c1-4-11(3,8-12)14-10-7-5-6-9(2)13-10/h5-7H,4,8,12H2,1-3H3,(H,13,14). The van der Waals surface area contributed by atoms with Crippen LogP contribution in [0.25, 0.3) is 0 Å². The first kappa shape index (κ1) is 11.0. The van der Waals surface area contributed by atoms with Crippen molar-refractivity contribution in [2.24, 2.45) is 5.73 Å². The monoisotopic (exact) mass is 193 g/mol. The number of hydrogen-bond donors (Lipinski definition) is 2. The summed E-state index contributed by atoms with van der Waals surface area (Å²) in [5.41, 5.74) is 6.68. The maximum atomic E-state index is 5.71. The van der Waals surface area contributed by atoms with Crippen molar-refractivity contribution in [1.82, 2.24) is 4.98 Å². The number of nitrogens with two attached hydrogens (primary N) is 1. The molecule has 0 aliphatic heterocycles. The largest absolute Gasteiger partial charge is 0.364 e. The second-order valence-corrected chi connectivity index (χ2v) is 3.91. The molecule has 0 amide bonds. The van der Waals surface area contributed by atoms with Crippen LogP contribution in [0.4, 0.5) is 5.82 Å². The first-order chi connectivity index (χ1) is 6.59. The molecule has 1 atom stereocenters. The average molecular weight is 193 g/mol. The normalized spacial score (nSPS) is 14.9. The first-order valence-corrected chi connectivity index (χ1v) is 5.01. The molecular weight excluding hydrogens is 174 g/mol. The number of hydrogen-bond acceptors (Lipinski definition) is 3. The highest BCUT2D eigenvalue weighted by Crippen LogP contribution is 2.15. The summed E-state index contributed by atoms with van der Waals surface area (Å²) < 4.78 is 0. The van der Waals surface area contributed by atoms with Crippen molar-refractivity contribution in [1.29, 1.82) is 0 Å². The molecule has 1 heterocycles. The lowest BCUT2D eigenvalue weighted by molar-refractivity contribution is 0.504. The van der Waals surface area contributed by atoms with Gasteiger partial charge in [0.2, 0.25) is 0 Å². The van der Waals surface area contributed by atoms with Gasteiger partial charge in [0.05, 0.1) is 0 Å². The van der Waals surface area contributed by atoms with Crippen molar-refractivity contribution in [2.45, 2.75) is 32.7 Å². The molecule has 1 aromatic rings. The van der Waals surface area contributed by atoms with Crippen molar-refractivity contribution < 1.29 is 0 Å². The Balaban J connectivity index is 2.77. The fraction of sp³-hybridized carbons (Fsp3) is 0.545. The molecule has 0 saturated carbocycles. The lowest BCUT2D eigenvalue weighted by atomic mass is 9.99. The molecule has 0 bridgehead atoms. The van der Waals surface area contributed by atoms with Crippen molar-refractivity contribution in [3.63, 3.8) is 0 Å². The van der Waals surface area contributed by atoms with Gasteiger partial charge in [-0.1, -0.05) is 13.0 Å². The molecule has 1 rings (SSSR count). The van der Waals surface area contributed by atoms with E-state index in [1.54, 1.807) is 0 Å². The molecule has 1 aromatic heterocycles. The van der Waals surface area contributed by atoms with Gasteiger partial charge < -0.3 is 11.1 Å². The van der Waals surface area contributed by atoms with E-state index in [2.05, 4.69) is 24.1 Å². The van der Waals surface area contributed by atoms with E-state index in [9.17, 15) is 0 Å². The van der Waals surface area contributed by atoms with Gasteiger partial charge in [-0.15, -0.1) is 0 Å². The highest BCUT2D eigenvalue weighted by Gasteiger charge is 2.19. The van der Waals surface area contributed by atoms with E-state index in [-0.39, 0.29) is 5.54 Å². The Labute approximate surface area is 85.7 Å². The molecule has 3 N–H and O–H groups in total. The summed E-state index contributed by atoms with van der Waals surface area (Å²) in [5, 5.41) is 3.36. The van der Waals surface area contributed by atoms with E-state index in [4.69, 9.17) is 5.73 Å². The van der Waals surface area contributed by atoms with Gasteiger partial charge in [-0.3, -0.25) is 0 Å². The molecule has 0 aliphatic rings. The zero-order chi connectivity index (χ0) is 10.6.